The third kappa shape index (κ3) is 3.59. The summed E-state index contributed by atoms with van der Waals surface area (Å²) in [5.74, 6) is -1.38. The topological polar surface area (TPSA) is 121 Å². The summed E-state index contributed by atoms with van der Waals surface area (Å²) in [7, 11) is -4.01. The molecule has 0 aromatic heterocycles. The zero-order valence-corrected chi connectivity index (χ0v) is 18.8. The average Bonchev–Trinajstić information content (AvgIpc) is 3.21. The van der Waals surface area contributed by atoms with Gasteiger partial charge in [-0.3, -0.25) is 19.3 Å². The fourth-order valence-electron chi connectivity index (χ4n) is 4.59. The van der Waals surface area contributed by atoms with E-state index in [4.69, 9.17) is 4.74 Å². The van der Waals surface area contributed by atoms with Crippen molar-refractivity contribution in [3.63, 3.8) is 0 Å². The van der Waals surface area contributed by atoms with Crippen LogP contribution in [0.25, 0.3) is 0 Å². The minimum absolute atomic E-state index is 0.0767. The zero-order chi connectivity index (χ0) is 24.0. The first kappa shape index (κ1) is 22.3. The van der Waals surface area contributed by atoms with Crippen molar-refractivity contribution in [2.75, 3.05) is 18.1 Å². The summed E-state index contributed by atoms with van der Waals surface area (Å²) in [6.45, 7) is -0.700. The van der Waals surface area contributed by atoms with E-state index >= 15 is 0 Å². The highest BCUT2D eigenvalue weighted by molar-refractivity contribution is 7.90. The van der Waals surface area contributed by atoms with E-state index in [2.05, 4.69) is 0 Å². The van der Waals surface area contributed by atoms with Crippen molar-refractivity contribution in [3.05, 3.63) is 66.2 Å². The lowest BCUT2D eigenvalue weighted by atomic mass is 9.85. The number of allylic oxidation sites excluding steroid dienone is 2. The Morgan fingerprint density at radius 3 is 2.18 bits per heavy atom. The van der Waals surface area contributed by atoms with Gasteiger partial charge in [0.1, 0.15) is 23.4 Å². The van der Waals surface area contributed by atoms with Crippen molar-refractivity contribution < 1.29 is 32.6 Å². The molecule has 2 aromatic carbocycles. The number of carbonyl (C=O) groups excluding carboxylic acids is 3. The number of benzene rings is 2. The van der Waals surface area contributed by atoms with Gasteiger partial charge >= 0.3 is 0 Å². The number of β-amino-alcohol motifs (C(OH)–C–C–N with tert-alkyl or cyclic N) is 1. The summed E-state index contributed by atoms with van der Waals surface area (Å²) >= 11 is 0. The lowest BCUT2D eigenvalue weighted by molar-refractivity contribution is -0.122. The highest BCUT2D eigenvalue weighted by atomic mass is 32.2. The molecule has 1 fully saturated rings. The van der Waals surface area contributed by atoms with E-state index in [9.17, 15) is 27.9 Å². The van der Waals surface area contributed by atoms with Crippen LogP contribution in [0.4, 0.5) is 5.69 Å². The van der Waals surface area contributed by atoms with E-state index < -0.39 is 28.6 Å². The van der Waals surface area contributed by atoms with Gasteiger partial charge in [0.15, 0.2) is 0 Å². The van der Waals surface area contributed by atoms with E-state index in [1.54, 1.807) is 30.3 Å². The highest BCUT2D eigenvalue weighted by Crippen LogP contribution is 2.38. The van der Waals surface area contributed by atoms with Crippen molar-refractivity contribution in [3.8, 4) is 5.75 Å². The van der Waals surface area contributed by atoms with Crippen molar-refractivity contribution in [2.45, 2.75) is 23.8 Å². The van der Waals surface area contributed by atoms with Gasteiger partial charge in [-0.15, -0.1) is 0 Å². The largest absolute Gasteiger partial charge is 0.491 e. The molecule has 1 N–H and O–H groups in total. The number of fused-ring (bicyclic) bond motifs is 2. The third-order valence-electron chi connectivity index (χ3n) is 6.33. The summed E-state index contributed by atoms with van der Waals surface area (Å²) in [6.07, 6.45) is 3.72. The van der Waals surface area contributed by atoms with Gasteiger partial charge in [0, 0.05) is 0 Å². The molecule has 10 heteroatoms. The van der Waals surface area contributed by atoms with Gasteiger partial charge in [-0.05, 0) is 49.2 Å². The van der Waals surface area contributed by atoms with Gasteiger partial charge in [-0.1, -0.05) is 24.3 Å². The van der Waals surface area contributed by atoms with E-state index in [0.717, 1.165) is 0 Å². The number of sulfonamides is 1. The Labute approximate surface area is 196 Å². The van der Waals surface area contributed by atoms with Gasteiger partial charge in [0.05, 0.1) is 29.6 Å². The molecule has 5 rings (SSSR count). The molecule has 1 aliphatic carbocycles. The first-order valence-electron chi connectivity index (χ1n) is 10.9. The number of ether oxygens (including phenoxy) is 1. The number of hydrogen-bond acceptors (Lipinski definition) is 7. The van der Waals surface area contributed by atoms with Crippen LogP contribution in [0.5, 0.6) is 5.75 Å². The smallest absolute Gasteiger partial charge is 0.269 e. The predicted molar refractivity (Wildman–Crippen MR) is 120 cm³/mol. The SMILES string of the molecule is O=C1C2CC=CCC2C(=O)N1c1ccc(OCC(O)CN2C(=O)c3ccccc3S2(=O)=O)cc1. The number of rotatable bonds is 6. The second-order valence-electron chi connectivity index (χ2n) is 8.46. The summed E-state index contributed by atoms with van der Waals surface area (Å²) < 4.78 is 31.4. The Morgan fingerprint density at radius 1 is 0.941 bits per heavy atom. The molecule has 3 aliphatic rings. The monoisotopic (exact) mass is 482 g/mol. The fraction of sp³-hybridized carbons (Fsp3) is 0.292. The number of hydrogen-bond donors (Lipinski definition) is 1. The number of aliphatic hydroxyl groups is 1. The minimum Gasteiger partial charge on any atom is -0.491 e. The van der Waals surface area contributed by atoms with E-state index in [1.165, 1.54) is 23.1 Å². The molecule has 9 nitrogen and oxygen atoms in total. The summed E-state index contributed by atoms with van der Waals surface area (Å²) in [4.78, 5) is 39.0. The van der Waals surface area contributed by atoms with E-state index in [0.29, 0.717) is 28.6 Å². The maximum atomic E-state index is 12.7. The molecular formula is C24H22N2O7S. The van der Waals surface area contributed by atoms with E-state index in [1.807, 2.05) is 12.2 Å². The first-order valence-corrected chi connectivity index (χ1v) is 12.3. The van der Waals surface area contributed by atoms with Crippen molar-refractivity contribution in [1.29, 1.82) is 0 Å². The van der Waals surface area contributed by atoms with Crippen molar-refractivity contribution >= 4 is 33.4 Å². The Balaban J connectivity index is 1.21. The maximum Gasteiger partial charge on any atom is 0.269 e. The molecule has 2 heterocycles. The molecule has 176 valence electrons. The number of amides is 3. The van der Waals surface area contributed by atoms with Crippen molar-refractivity contribution in [2.24, 2.45) is 11.8 Å². The Bertz CT molecular complexity index is 1280. The molecule has 3 amide bonds. The van der Waals surface area contributed by atoms with E-state index in [-0.39, 0.29) is 40.7 Å². The van der Waals surface area contributed by atoms with Crippen LogP contribution >= 0.6 is 0 Å². The quantitative estimate of drug-likeness (QED) is 0.492. The average molecular weight is 483 g/mol. The molecule has 3 atom stereocenters. The van der Waals surface area contributed by atoms with Crippen LogP contribution in [-0.4, -0.2) is 54.8 Å². The number of aliphatic hydroxyl groups excluding tert-OH is 1. The maximum absolute atomic E-state index is 12.7. The summed E-state index contributed by atoms with van der Waals surface area (Å²) in [6, 6.07) is 12.2. The van der Waals surface area contributed by atoms with Gasteiger partial charge in [0.2, 0.25) is 11.8 Å². The molecule has 0 saturated carbocycles. The first-order chi connectivity index (χ1) is 16.3. The Kier molecular flexibility index (Phi) is 5.49. The van der Waals surface area contributed by atoms with Crippen molar-refractivity contribution in [1.82, 2.24) is 4.31 Å². The molecule has 2 aliphatic heterocycles. The Morgan fingerprint density at radius 2 is 1.56 bits per heavy atom. The number of imide groups is 1. The van der Waals surface area contributed by atoms with Gasteiger partial charge < -0.3 is 9.84 Å². The lowest BCUT2D eigenvalue weighted by Gasteiger charge is -2.20. The number of anilines is 1. The molecule has 0 bridgehead atoms. The van der Waals surface area contributed by atoms with Gasteiger partial charge in [-0.2, -0.15) is 0 Å². The third-order valence-corrected chi connectivity index (χ3v) is 8.14. The van der Waals surface area contributed by atoms with Crippen LogP contribution in [0.2, 0.25) is 0 Å². The second-order valence-corrected chi connectivity index (χ2v) is 10.3. The Hall–Kier alpha value is -3.50. The van der Waals surface area contributed by atoms with Gasteiger partial charge in [0.25, 0.3) is 15.9 Å². The highest BCUT2D eigenvalue weighted by Gasteiger charge is 2.47. The summed E-state index contributed by atoms with van der Waals surface area (Å²) in [5.41, 5.74) is 0.525. The molecule has 0 spiro atoms. The standard InChI is InChI=1S/C24H22N2O7S/c27-16(13-25-22(28)20-7-3-4-8-21(20)34(25,31)32)14-33-17-11-9-15(10-12-17)26-23(29)18-5-1-2-6-19(18)24(26)30/h1-4,7-12,16,18-19,27H,5-6,13-14H2. The fourth-order valence-corrected chi connectivity index (χ4v) is 6.20. The molecular weight excluding hydrogens is 460 g/mol. The summed E-state index contributed by atoms with van der Waals surface area (Å²) in [5, 5.41) is 10.3. The molecule has 2 aromatic rings. The predicted octanol–water partition coefficient (Wildman–Crippen LogP) is 1.73. The molecule has 34 heavy (non-hydrogen) atoms. The van der Waals surface area contributed by atoms with Crippen LogP contribution in [-0.2, 0) is 19.6 Å². The number of carbonyl (C=O) groups is 3. The normalized spacial score (nSPS) is 23.7. The van der Waals surface area contributed by atoms with Crippen LogP contribution in [0.1, 0.15) is 23.2 Å². The lowest BCUT2D eigenvalue weighted by Crippen LogP contribution is -2.39. The molecule has 3 unspecified atom stereocenters. The number of nitrogens with zero attached hydrogens (tertiary/aromatic N) is 2. The van der Waals surface area contributed by atoms with Crippen LogP contribution in [0.3, 0.4) is 0 Å². The molecule has 0 radical (unpaired) electrons. The van der Waals surface area contributed by atoms with Crippen LogP contribution in [0, 0.1) is 11.8 Å². The second kappa shape index (κ2) is 8.37. The molecule has 1 saturated heterocycles. The zero-order valence-electron chi connectivity index (χ0n) is 18.0. The van der Waals surface area contributed by atoms with Crippen LogP contribution in [0.15, 0.2) is 65.6 Å². The van der Waals surface area contributed by atoms with Gasteiger partial charge in [-0.25, -0.2) is 12.7 Å². The van der Waals surface area contributed by atoms with Crippen LogP contribution < -0.4 is 9.64 Å². The minimum atomic E-state index is -4.01.